The molecule has 0 saturated carbocycles. The second-order valence-corrected chi connectivity index (χ2v) is 3.42. The zero-order chi connectivity index (χ0) is 9.68. The number of hydrogen-bond donors (Lipinski definition) is 0. The SMILES string of the molecule is CC.Cc1cccc2c1CCCC2. The van der Waals surface area contributed by atoms with E-state index in [1.54, 1.807) is 11.1 Å². The molecule has 2 rings (SSSR count). The maximum atomic E-state index is 2.28. The highest BCUT2D eigenvalue weighted by molar-refractivity contribution is 5.35. The Morgan fingerprint density at radius 3 is 2.38 bits per heavy atom. The van der Waals surface area contributed by atoms with E-state index in [2.05, 4.69) is 25.1 Å². The molecule has 0 spiro atoms. The average Bonchev–Trinajstić information content (AvgIpc) is 2.22. The first kappa shape index (κ1) is 10.3. The molecule has 0 amide bonds. The van der Waals surface area contributed by atoms with Crippen LogP contribution in [0, 0.1) is 6.92 Å². The summed E-state index contributed by atoms with van der Waals surface area (Å²) >= 11 is 0. The molecule has 0 unspecified atom stereocenters. The van der Waals surface area contributed by atoms with Crippen molar-refractivity contribution >= 4 is 0 Å². The van der Waals surface area contributed by atoms with Crippen molar-refractivity contribution in [2.24, 2.45) is 0 Å². The molecule has 0 radical (unpaired) electrons. The number of aryl methyl sites for hydroxylation is 2. The van der Waals surface area contributed by atoms with Gasteiger partial charge in [-0.15, -0.1) is 0 Å². The predicted molar refractivity (Wildman–Crippen MR) is 59.2 cm³/mol. The largest absolute Gasteiger partial charge is 0.0683 e. The van der Waals surface area contributed by atoms with E-state index in [0.717, 1.165) is 0 Å². The Balaban J connectivity index is 0.000000396. The lowest BCUT2D eigenvalue weighted by molar-refractivity contribution is 0.682. The van der Waals surface area contributed by atoms with Gasteiger partial charge in [0, 0.05) is 0 Å². The summed E-state index contributed by atoms with van der Waals surface area (Å²) < 4.78 is 0. The Morgan fingerprint density at radius 1 is 1.00 bits per heavy atom. The van der Waals surface area contributed by atoms with Crippen LogP contribution in [0.3, 0.4) is 0 Å². The summed E-state index contributed by atoms with van der Waals surface area (Å²) in [4.78, 5) is 0. The second kappa shape index (κ2) is 5.06. The fourth-order valence-electron chi connectivity index (χ4n) is 1.97. The molecule has 0 saturated heterocycles. The third-order valence-corrected chi connectivity index (χ3v) is 2.63. The van der Waals surface area contributed by atoms with Crippen LogP contribution >= 0.6 is 0 Å². The van der Waals surface area contributed by atoms with Crippen molar-refractivity contribution in [2.45, 2.75) is 46.5 Å². The standard InChI is InChI=1S/C11H14.C2H6/c1-9-5-4-7-10-6-2-3-8-11(9)10;1-2/h4-5,7H,2-3,6,8H2,1H3;1-2H3. The van der Waals surface area contributed by atoms with Crippen LogP contribution in [0.25, 0.3) is 0 Å². The maximum Gasteiger partial charge on any atom is -0.0273 e. The Morgan fingerprint density at radius 2 is 1.69 bits per heavy atom. The highest BCUT2D eigenvalue weighted by Crippen LogP contribution is 2.23. The smallest absolute Gasteiger partial charge is 0.0273 e. The van der Waals surface area contributed by atoms with Gasteiger partial charge in [0.05, 0.1) is 0 Å². The van der Waals surface area contributed by atoms with Crippen LogP contribution in [0.4, 0.5) is 0 Å². The third kappa shape index (κ3) is 2.33. The Kier molecular flexibility index (Phi) is 4.01. The molecule has 0 N–H and O–H groups in total. The molecule has 0 aromatic heterocycles. The molecule has 1 aliphatic carbocycles. The van der Waals surface area contributed by atoms with Crippen molar-refractivity contribution in [1.29, 1.82) is 0 Å². The van der Waals surface area contributed by atoms with Crippen LogP contribution in [0.15, 0.2) is 18.2 Å². The summed E-state index contributed by atoms with van der Waals surface area (Å²) in [7, 11) is 0. The second-order valence-electron chi connectivity index (χ2n) is 3.42. The fraction of sp³-hybridized carbons (Fsp3) is 0.538. The molecular weight excluding hydrogens is 156 g/mol. The van der Waals surface area contributed by atoms with E-state index in [4.69, 9.17) is 0 Å². The van der Waals surface area contributed by atoms with Gasteiger partial charge in [-0.25, -0.2) is 0 Å². The molecule has 0 heterocycles. The lowest BCUT2D eigenvalue weighted by Gasteiger charge is -2.17. The number of hydrogen-bond acceptors (Lipinski definition) is 0. The summed E-state index contributed by atoms with van der Waals surface area (Å²) in [5.74, 6) is 0. The molecule has 13 heavy (non-hydrogen) atoms. The van der Waals surface area contributed by atoms with Crippen molar-refractivity contribution in [3.63, 3.8) is 0 Å². The number of benzene rings is 1. The summed E-state index contributed by atoms with van der Waals surface area (Å²) in [6.45, 7) is 6.23. The predicted octanol–water partition coefficient (Wildman–Crippen LogP) is 3.90. The Labute approximate surface area is 82.0 Å². The minimum atomic E-state index is 1.30. The van der Waals surface area contributed by atoms with Gasteiger partial charge in [-0.3, -0.25) is 0 Å². The molecular formula is C13H20. The maximum absolute atomic E-state index is 2.28. The molecule has 1 aromatic carbocycles. The quantitative estimate of drug-likeness (QED) is 0.562. The zero-order valence-corrected chi connectivity index (χ0v) is 9.06. The van der Waals surface area contributed by atoms with Gasteiger partial charge >= 0.3 is 0 Å². The normalized spacial score (nSPS) is 14.1. The van der Waals surface area contributed by atoms with Crippen molar-refractivity contribution in [3.8, 4) is 0 Å². The van der Waals surface area contributed by atoms with Crippen molar-refractivity contribution in [3.05, 3.63) is 34.9 Å². The van der Waals surface area contributed by atoms with E-state index in [1.807, 2.05) is 13.8 Å². The summed E-state index contributed by atoms with van der Waals surface area (Å²) in [6.07, 6.45) is 5.38. The topological polar surface area (TPSA) is 0 Å². The van der Waals surface area contributed by atoms with Crippen LogP contribution in [0.1, 0.15) is 43.4 Å². The molecule has 1 aliphatic rings. The first-order chi connectivity index (χ1) is 6.38. The average molecular weight is 176 g/mol. The van der Waals surface area contributed by atoms with Gasteiger partial charge in [0.1, 0.15) is 0 Å². The van der Waals surface area contributed by atoms with Gasteiger partial charge in [0.25, 0.3) is 0 Å². The highest BCUT2D eigenvalue weighted by Gasteiger charge is 2.09. The van der Waals surface area contributed by atoms with Crippen LogP contribution in [-0.4, -0.2) is 0 Å². The molecule has 0 fully saturated rings. The van der Waals surface area contributed by atoms with Crippen molar-refractivity contribution in [2.75, 3.05) is 0 Å². The summed E-state index contributed by atoms with van der Waals surface area (Å²) in [6, 6.07) is 6.69. The van der Waals surface area contributed by atoms with E-state index in [-0.39, 0.29) is 0 Å². The molecule has 1 aromatic rings. The molecule has 0 atom stereocenters. The molecule has 72 valence electrons. The zero-order valence-electron chi connectivity index (χ0n) is 9.06. The Hall–Kier alpha value is -0.780. The van der Waals surface area contributed by atoms with E-state index >= 15 is 0 Å². The fourth-order valence-corrected chi connectivity index (χ4v) is 1.97. The van der Waals surface area contributed by atoms with E-state index < -0.39 is 0 Å². The minimum absolute atomic E-state index is 1.30. The minimum Gasteiger partial charge on any atom is -0.0683 e. The van der Waals surface area contributed by atoms with Gasteiger partial charge in [0.15, 0.2) is 0 Å². The van der Waals surface area contributed by atoms with Crippen LogP contribution < -0.4 is 0 Å². The molecule has 0 heteroatoms. The van der Waals surface area contributed by atoms with Crippen molar-refractivity contribution < 1.29 is 0 Å². The summed E-state index contributed by atoms with van der Waals surface area (Å²) in [5, 5.41) is 0. The van der Waals surface area contributed by atoms with Gasteiger partial charge < -0.3 is 0 Å². The van der Waals surface area contributed by atoms with Crippen LogP contribution in [0.5, 0.6) is 0 Å². The number of rotatable bonds is 0. The lowest BCUT2D eigenvalue weighted by Crippen LogP contribution is -2.03. The number of fused-ring (bicyclic) bond motifs is 1. The van der Waals surface area contributed by atoms with Crippen molar-refractivity contribution in [1.82, 2.24) is 0 Å². The van der Waals surface area contributed by atoms with E-state index in [1.165, 1.54) is 31.2 Å². The van der Waals surface area contributed by atoms with E-state index in [9.17, 15) is 0 Å². The Bertz CT molecular complexity index is 261. The third-order valence-electron chi connectivity index (χ3n) is 2.63. The first-order valence-electron chi connectivity index (χ1n) is 5.45. The molecule has 0 aliphatic heterocycles. The van der Waals surface area contributed by atoms with Gasteiger partial charge in [-0.1, -0.05) is 32.0 Å². The van der Waals surface area contributed by atoms with Gasteiger partial charge in [-0.05, 0) is 49.3 Å². The first-order valence-corrected chi connectivity index (χ1v) is 5.45. The van der Waals surface area contributed by atoms with Gasteiger partial charge in [0.2, 0.25) is 0 Å². The monoisotopic (exact) mass is 176 g/mol. The van der Waals surface area contributed by atoms with E-state index in [0.29, 0.717) is 0 Å². The van der Waals surface area contributed by atoms with Crippen LogP contribution in [-0.2, 0) is 12.8 Å². The highest BCUT2D eigenvalue weighted by atomic mass is 14.1. The lowest BCUT2D eigenvalue weighted by atomic mass is 9.89. The molecule has 0 bridgehead atoms. The summed E-state index contributed by atoms with van der Waals surface area (Å²) in [5.41, 5.74) is 4.71. The van der Waals surface area contributed by atoms with Crippen LogP contribution in [0.2, 0.25) is 0 Å². The molecule has 0 nitrogen and oxygen atoms in total. The van der Waals surface area contributed by atoms with Gasteiger partial charge in [-0.2, -0.15) is 0 Å².